The molecule has 0 radical (unpaired) electrons. The Morgan fingerprint density at radius 2 is 1.69 bits per heavy atom. The summed E-state index contributed by atoms with van der Waals surface area (Å²) in [5.41, 5.74) is 1.97. The Labute approximate surface area is 203 Å². The summed E-state index contributed by atoms with van der Waals surface area (Å²) < 4.78 is 22.7. The molecule has 0 aliphatic rings. The number of nitrogens with one attached hydrogen (secondary N) is 1. The zero-order valence-electron chi connectivity index (χ0n) is 20.2. The molecule has 184 valence electrons. The summed E-state index contributed by atoms with van der Waals surface area (Å²) in [5.74, 6) is 1.91. The second kappa shape index (κ2) is 12.3. The molecule has 0 saturated heterocycles. The molecular weight excluding hydrogens is 450 g/mol. The molecule has 0 unspecified atom stereocenters. The van der Waals surface area contributed by atoms with Crippen LogP contribution in [0.2, 0.25) is 0 Å². The average Bonchev–Trinajstić information content (AvgIpc) is 2.88. The number of rotatable bonds is 11. The van der Waals surface area contributed by atoms with E-state index in [0.717, 1.165) is 11.3 Å². The number of carbonyl (C=O) groups is 1. The number of methoxy groups -OCH3 is 3. The SMILES string of the molecule is CCOc1ccc(-c2ccc(=O)n(CCNC(=O)/C=C/c3cc(OC)c(OC)c(OC)c3)n2)cc1. The highest BCUT2D eigenvalue weighted by Crippen LogP contribution is 2.38. The Morgan fingerprint density at radius 1 is 1.00 bits per heavy atom. The molecule has 1 amide bonds. The minimum absolute atomic E-state index is 0.230. The largest absolute Gasteiger partial charge is 0.494 e. The molecule has 1 heterocycles. The quantitative estimate of drug-likeness (QED) is 0.422. The average molecular weight is 480 g/mol. The number of ether oxygens (including phenoxy) is 4. The second-order valence-corrected chi connectivity index (χ2v) is 7.32. The van der Waals surface area contributed by atoms with Gasteiger partial charge in [0, 0.05) is 24.3 Å². The number of hydrogen-bond acceptors (Lipinski definition) is 7. The lowest BCUT2D eigenvalue weighted by molar-refractivity contribution is -0.116. The van der Waals surface area contributed by atoms with Crippen molar-refractivity contribution in [2.45, 2.75) is 13.5 Å². The van der Waals surface area contributed by atoms with Gasteiger partial charge in [0.05, 0.1) is 40.2 Å². The van der Waals surface area contributed by atoms with E-state index in [1.54, 1.807) is 24.3 Å². The summed E-state index contributed by atoms with van der Waals surface area (Å²) in [6.45, 7) is 2.98. The highest BCUT2D eigenvalue weighted by molar-refractivity contribution is 5.91. The van der Waals surface area contributed by atoms with Crippen molar-refractivity contribution >= 4 is 12.0 Å². The van der Waals surface area contributed by atoms with Crippen LogP contribution in [0.15, 0.2) is 59.4 Å². The molecule has 1 aromatic heterocycles. The zero-order chi connectivity index (χ0) is 25.2. The minimum atomic E-state index is -0.311. The van der Waals surface area contributed by atoms with E-state index in [1.807, 2.05) is 31.2 Å². The summed E-state index contributed by atoms with van der Waals surface area (Å²) in [6, 6.07) is 14.1. The van der Waals surface area contributed by atoms with Gasteiger partial charge in [-0.05, 0) is 61.0 Å². The number of benzene rings is 2. The summed E-state index contributed by atoms with van der Waals surface area (Å²) in [5, 5.41) is 7.18. The molecule has 1 N–H and O–H groups in total. The third kappa shape index (κ3) is 6.63. The van der Waals surface area contributed by atoms with Crippen LogP contribution in [-0.2, 0) is 11.3 Å². The standard InChI is InChI=1S/C26H29N3O6/c1-5-35-20-9-7-19(8-10-20)21-11-13-25(31)29(28-21)15-14-27-24(30)12-6-18-16-22(32-2)26(34-4)23(17-18)33-3/h6-13,16-17H,5,14-15H2,1-4H3,(H,27,30)/b12-6+. The lowest BCUT2D eigenvalue weighted by atomic mass is 10.1. The Morgan fingerprint density at radius 3 is 2.29 bits per heavy atom. The van der Waals surface area contributed by atoms with Crippen LogP contribution in [0, 0.1) is 0 Å². The van der Waals surface area contributed by atoms with Gasteiger partial charge in [-0.1, -0.05) is 0 Å². The van der Waals surface area contributed by atoms with Gasteiger partial charge in [0.25, 0.3) is 5.56 Å². The normalized spacial score (nSPS) is 10.7. The third-order valence-electron chi connectivity index (χ3n) is 5.06. The van der Waals surface area contributed by atoms with E-state index in [9.17, 15) is 9.59 Å². The molecule has 0 atom stereocenters. The molecule has 9 heteroatoms. The summed E-state index contributed by atoms with van der Waals surface area (Å²) >= 11 is 0. The van der Waals surface area contributed by atoms with Gasteiger partial charge < -0.3 is 24.3 Å². The lowest BCUT2D eigenvalue weighted by Crippen LogP contribution is -2.31. The smallest absolute Gasteiger partial charge is 0.266 e. The molecule has 0 bridgehead atoms. The maximum Gasteiger partial charge on any atom is 0.266 e. The Kier molecular flexibility index (Phi) is 8.89. The van der Waals surface area contributed by atoms with Crippen molar-refractivity contribution in [1.82, 2.24) is 15.1 Å². The van der Waals surface area contributed by atoms with Gasteiger partial charge in [0.1, 0.15) is 5.75 Å². The van der Waals surface area contributed by atoms with Crippen LogP contribution in [0.1, 0.15) is 12.5 Å². The molecule has 0 aliphatic carbocycles. The number of aromatic nitrogens is 2. The Bertz CT molecular complexity index is 1210. The molecule has 35 heavy (non-hydrogen) atoms. The predicted octanol–water partition coefficient (Wildman–Crippen LogP) is 3.16. The van der Waals surface area contributed by atoms with Gasteiger partial charge >= 0.3 is 0 Å². The summed E-state index contributed by atoms with van der Waals surface area (Å²) in [7, 11) is 4.58. The van der Waals surface area contributed by atoms with E-state index in [-0.39, 0.29) is 24.6 Å². The molecule has 3 rings (SSSR count). The monoisotopic (exact) mass is 479 g/mol. The second-order valence-electron chi connectivity index (χ2n) is 7.32. The van der Waals surface area contributed by atoms with E-state index in [4.69, 9.17) is 18.9 Å². The summed E-state index contributed by atoms with van der Waals surface area (Å²) in [6.07, 6.45) is 3.03. The number of amides is 1. The first-order chi connectivity index (χ1) is 17.0. The first-order valence-corrected chi connectivity index (χ1v) is 11.1. The maximum atomic E-state index is 12.3. The van der Waals surface area contributed by atoms with Gasteiger partial charge in [-0.25, -0.2) is 4.68 Å². The van der Waals surface area contributed by atoms with Crippen LogP contribution < -0.4 is 29.8 Å². The Balaban J connectivity index is 1.62. The predicted molar refractivity (Wildman–Crippen MR) is 133 cm³/mol. The van der Waals surface area contributed by atoms with Crippen molar-refractivity contribution in [3.63, 3.8) is 0 Å². The van der Waals surface area contributed by atoms with Crippen molar-refractivity contribution in [3.8, 4) is 34.3 Å². The molecule has 2 aromatic carbocycles. The molecule has 3 aromatic rings. The first kappa shape index (κ1) is 25.4. The number of carbonyl (C=O) groups excluding carboxylic acids is 1. The molecule has 0 fully saturated rings. The van der Waals surface area contributed by atoms with E-state index in [2.05, 4.69) is 10.4 Å². The van der Waals surface area contributed by atoms with Crippen molar-refractivity contribution in [3.05, 3.63) is 70.5 Å². The molecule has 9 nitrogen and oxygen atoms in total. The van der Waals surface area contributed by atoms with Crippen LogP contribution in [0.5, 0.6) is 23.0 Å². The van der Waals surface area contributed by atoms with Crippen LogP contribution in [0.25, 0.3) is 17.3 Å². The highest BCUT2D eigenvalue weighted by atomic mass is 16.5. The lowest BCUT2D eigenvalue weighted by Gasteiger charge is -2.12. The maximum absolute atomic E-state index is 12.3. The molecular formula is C26H29N3O6. The van der Waals surface area contributed by atoms with Crippen molar-refractivity contribution in [1.29, 1.82) is 0 Å². The van der Waals surface area contributed by atoms with Crippen molar-refractivity contribution in [2.24, 2.45) is 0 Å². The van der Waals surface area contributed by atoms with Gasteiger partial charge in [-0.2, -0.15) is 5.10 Å². The van der Waals surface area contributed by atoms with Crippen LogP contribution >= 0.6 is 0 Å². The third-order valence-corrected chi connectivity index (χ3v) is 5.06. The van der Waals surface area contributed by atoms with Crippen LogP contribution in [0.4, 0.5) is 0 Å². The van der Waals surface area contributed by atoms with Crippen LogP contribution in [-0.4, -0.2) is 50.2 Å². The van der Waals surface area contributed by atoms with E-state index < -0.39 is 0 Å². The van der Waals surface area contributed by atoms with E-state index in [1.165, 1.54) is 38.2 Å². The van der Waals surface area contributed by atoms with Gasteiger partial charge in [-0.3, -0.25) is 9.59 Å². The molecule has 0 spiro atoms. The summed E-state index contributed by atoms with van der Waals surface area (Å²) in [4.78, 5) is 24.5. The fraction of sp³-hybridized carbons (Fsp3) is 0.269. The topological polar surface area (TPSA) is 101 Å². The van der Waals surface area contributed by atoms with Crippen molar-refractivity contribution in [2.75, 3.05) is 34.5 Å². The Hall–Kier alpha value is -4.27. The fourth-order valence-corrected chi connectivity index (χ4v) is 3.37. The molecule has 0 saturated carbocycles. The van der Waals surface area contributed by atoms with Gasteiger partial charge in [-0.15, -0.1) is 0 Å². The fourth-order valence-electron chi connectivity index (χ4n) is 3.37. The van der Waals surface area contributed by atoms with E-state index in [0.29, 0.717) is 35.1 Å². The number of nitrogens with zero attached hydrogens (tertiary/aromatic N) is 2. The van der Waals surface area contributed by atoms with Gasteiger partial charge in [0.15, 0.2) is 11.5 Å². The molecule has 0 aliphatic heterocycles. The number of hydrogen-bond donors (Lipinski definition) is 1. The van der Waals surface area contributed by atoms with Crippen LogP contribution in [0.3, 0.4) is 0 Å². The van der Waals surface area contributed by atoms with Crippen molar-refractivity contribution < 1.29 is 23.7 Å². The first-order valence-electron chi connectivity index (χ1n) is 11.1. The minimum Gasteiger partial charge on any atom is -0.494 e. The zero-order valence-corrected chi connectivity index (χ0v) is 20.2. The van der Waals surface area contributed by atoms with Gasteiger partial charge in [0.2, 0.25) is 11.7 Å². The highest BCUT2D eigenvalue weighted by Gasteiger charge is 2.12. The van der Waals surface area contributed by atoms with E-state index >= 15 is 0 Å².